The molecule has 0 aliphatic carbocycles. The predicted molar refractivity (Wildman–Crippen MR) is 85.3 cm³/mol. The summed E-state index contributed by atoms with van der Waals surface area (Å²) in [5.41, 5.74) is 2.20. The third-order valence-electron chi connectivity index (χ3n) is 3.29. The molecule has 112 valence electrons. The Balaban J connectivity index is 1.94. The van der Waals surface area contributed by atoms with Gasteiger partial charge >= 0.3 is 0 Å². The first-order valence-electron chi connectivity index (χ1n) is 6.87. The van der Waals surface area contributed by atoms with Crippen LogP contribution in [-0.2, 0) is 0 Å². The van der Waals surface area contributed by atoms with Gasteiger partial charge in [-0.25, -0.2) is 4.98 Å². The fraction of sp³-hybridized carbons (Fsp3) is 0.188. The lowest BCUT2D eigenvalue weighted by molar-refractivity contribution is 0.102. The van der Waals surface area contributed by atoms with Crippen LogP contribution in [-0.4, -0.2) is 16.0 Å². The summed E-state index contributed by atoms with van der Waals surface area (Å²) in [4.78, 5) is 16.5. The first-order valence-corrected chi connectivity index (χ1v) is 7.25. The monoisotopic (exact) mass is 315 g/mol. The van der Waals surface area contributed by atoms with E-state index in [-0.39, 0.29) is 11.8 Å². The molecule has 0 fully saturated rings. The number of nitrogens with zero attached hydrogens (tertiary/aromatic N) is 2. The Morgan fingerprint density at radius 2 is 2.09 bits per heavy atom. The quantitative estimate of drug-likeness (QED) is 0.784. The van der Waals surface area contributed by atoms with Crippen LogP contribution in [0.5, 0.6) is 0 Å². The number of para-hydroxylation sites is 1. The number of amides is 1. The molecule has 0 radical (unpaired) electrons. The topological polar surface area (TPSA) is 68.0 Å². The van der Waals surface area contributed by atoms with E-state index >= 15 is 0 Å². The molecule has 0 saturated heterocycles. The van der Waals surface area contributed by atoms with Gasteiger partial charge in [-0.15, -0.1) is 0 Å². The number of carbonyl (C=O) groups is 1. The second-order valence-corrected chi connectivity index (χ2v) is 5.64. The van der Waals surface area contributed by atoms with Crippen molar-refractivity contribution < 1.29 is 9.32 Å². The van der Waals surface area contributed by atoms with Gasteiger partial charge in [0.15, 0.2) is 0 Å². The molecule has 0 aliphatic heterocycles. The molecule has 1 N–H and O–H groups in total. The standard InChI is InChI=1S/C16H14ClN3O2/c1-9(2)14-11-7-10(8-18-16(11)22-20-14)15(21)19-13-6-4-3-5-12(13)17/h3-9H,1-2H3,(H,19,21). The van der Waals surface area contributed by atoms with Crippen LogP contribution < -0.4 is 5.32 Å². The Morgan fingerprint density at radius 1 is 1.32 bits per heavy atom. The summed E-state index contributed by atoms with van der Waals surface area (Å²) in [5, 5.41) is 8.01. The van der Waals surface area contributed by atoms with Crippen LogP contribution in [0.2, 0.25) is 5.02 Å². The van der Waals surface area contributed by atoms with Crippen LogP contribution >= 0.6 is 11.6 Å². The van der Waals surface area contributed by atoms with Gasteiger partial charge in [0.1, 0.15) is 0 Å². The van der Waals surface area contributed by atoms with Crippen LogP contribution in [0, 0.1) is 0 Å². The molecule has 6 heteroatoms. The van der Waals surface area contributed by atoms with Crippen molar-refractivity contribution in [2.24, 2.45) is 0 Å². The van der Waals surface area contributed by atoms with E-state index < -0.39 is 0 Å². The zero-order valence-electron chi connectivity index (χ0n) is 12.1. The highest BCUT2D eigenvalue weighted by Gasteiger charge is 2.16. The van der Waals surface area contributed by atoms with Gasteiger partial charge in [-0.05, 0) is 24.1 Å². The van der Waals surface area contributed by atoms with Crippen LogP contribution in [0.15, 0.2) is 41.1 Å². The zero-order chi connectivity index (χ0) is 15.7. The Kier molecular flexibility index (Phi) is 3.81. The van der Waals surface area contributed by atoms with Gasteiger partial charge in [0.25, 0.3) is 11.6 Å². The third-order valence-corrected chi connectivity index (χ3v) is 3.62. The van der Waals surface area contributed by atoms with Crippen molar-refractivity contribution in [2.45, 2.75) is 19.8 Å². The molecule has 0 spiro atoms. The minimum atomic E-state index is -0.279. The van der Waals surface area contributed by atoms with Gasteiger partial charge in [0, 0.05) is 6.20 Å². The van der Waals surface area contributed by atoms with E-state index in [1.165, 1.54) is 6.20 Å². The number of benzene rings is 1. The highest BCUT2D eigenvalue weighted by Crippen LogP contribution is 2.25. The molecule has 5 nitrogen and oxygen atoms in total. The van der Waals surface area contributed by atoms with Gasteiger partial charge in [0.05, 0.1) is 27.4 Å². The van der Waals surface area contributed by atoms with Gasteiger partial charge in [0.2, 0.25) is 0 Å². The van der Waals surface area contributed by atoms with Crippen molar-refractivity contribution >= 4 is 34.3 Å². The summed E-state index contributed by atoms with van der Waals surface area (Å²) >= 11 is 6.04. The van der Waals surface area contributed by atoms with E-state index in [1.54, 1.807) is 30.3 Å². The SMILES string of the molecule is CC(C)c1noc2ncc(C(=O)Nc3ccccc3Cl)cc12. The molecule has 0 unspecified atom stereocenters. The summed E-state index contributed by atoms with van der Waals surface area (Å²) in [5.74, 6) is -0.0941. The highest BCUT2D eigenvalue weighted by molar-refractivity contribution is 6.33. The summed E-state index contributed by atoms with van der Waals surface area (Å²) in [6.07, 6.45) is 1.46. The van der Waals surface area contributed by atoms with Crippen LogP contribution in [0.4, 0.5) is 5.69 Å². The maximum absolute atomic E-state index is 12.4. The summed E-state index contributed by atoms with van der Waals surface area (Å²) in [6, 6.07) is 8.80. The molecule has 0 aliphatic rings. The van der Waals surface area contributed by atoms with Crippen LogP contribution in [0.1, 0.15) is 35.8 Å². The van der Waals surface area contributed by atoms with Crippen LogP contribution in [0.3, 0.4) is 0 Å². The fourth-order valence-electron chi connectivity index (χ4n) is 2.15. The molecule has 2 heterocycles. The maximum Gasteiger partial charge on any atom is 0.257 e. The number of rotatable bonds is 3. The normalized spacial score (nSPS) is 11.1. The molecular formula is C16H14ClN3O2. The molecule has 3 rings (SSSR count). The number of nitrogens with one attached hydrogen (secondary N) is 1. The highest BCUT2D eigenvalue weighted by atomic mass is 35.5. The second kappa shape index (κ2) is 5.77. The molecule has 3 aromatic rings. The lowest BCUT2D eigenvalue weighted by Crippen LogP contribution is -2.12. The average molecular weight is 316 g/mol. The van der Waals surface area contributed by atoms with Crippen molar-refractivity contribution in [1.82, 2.24) is 10.1 Å². The maximum atomic E-state index is 12.4. The number of hydrogen-bond donors (Lipinski definition) is 1. The minimum Gasteiger partial charge on any atom is -0.336 e. The van der Waals surface area contributed by atoms with E-state index in [0.717, 1.165) is 11.1 Å². The number of hydrogen-bond acceptors (Lipinski definition) is 4. The van der Waals surface area contributed by atoms with E-state index in [1.807, 2.05) is 13.8 Å². The van der Waals surface area contributed by atoms with Gasteiger partial charge < -0.3 is 9.84 Å². The van der Waals surface area contributed by atoms with Crippen molar-refractivity contribution in [3.63, 3.8) is 0 Å². The molecule has 2 aromatic heterocycles. The van der Waals surface area contributed by atoms with E-state index in [0.29, 0.717) is 22.0 Å². The number of aromatic nitrogens is 2. The van der Waals surface area contributed by atoms with Gasteiger partial charge in [-0.3, -0.25) is 4.79 Å². The smallest absolute Gasteiger partial charge is 0.257 e. The molecule has 22 heavy (non-hydrogen) atoms. The fourth-order valence-corrected chi connectivity index (χ4v) is 2.33. The Morgan fingerprint density at radius 3 is 2.82 bits per heavy atom. The zero-order valence-corrected chi connectivity index (χ0v) is 12.9. The number of fused-ring (bicyclic) bond motifs is 1. The van der Waals surface area contributed by atoms with Crippen molar-refractivity contribution in [3.05, 3.63) is 52.8 Å². The molecular weight excluding hydrogens is 302 g/mol. The van der Waals surface area contributed by atoms with Crippen molar-refractivity contribution in [1.29, 1.82) is 0 Å². The molecule has 1 amide bonds. The average Bonchev–Trinajstić information content (AvgIpc) is 2.92. The van der Waals surface area contributed by atoms with Crippen molar-refractivity contribution in [2.75, 3.05) is 5.32 Å². The summed E-state index contributed by atoms with van der Waals surface area (Å²) in [6.45, 7) is 4.02. The predicted octanol–water partition coefficient (Wildman–Crippen LogP) is 4.25. The lowest BCUT2D eigenvalue weighted by atomic mass is 10.1. The van der Waals surface area contributed by atoms with Crippen LogP contribution in [0.25, 0.3) is 11.1 Å². The Hall–Kier alpha value is -2.40. The first kappa shape index (κ1) is 14.5. The summed E-state index contributed by atoms with van der Waals surface area (Å²) in [7, 11) is 0. The first-order chi connectivity index (χ1) is 10.6. The Labute approximate surface area is 132 Å². The minimum absolute atomic E-state index is 0.185. The molecule has 0 atom stereocenters. The Bertz CT molecular complexity index is 842. The van der Waals surface area contributed by atoms with E-state index in [9.17, 15) is 4.79 Å². The molecule has 0 saturated carbocycles. The number of halogens is 1. The molecule has 1 aromatic carbocycles. The third kappa shape index (κ3) is 2.67. The van der Waals surface area contributed by atoms with E-state index in [4.69, 9.17) is 16.1 Å². The van der Waals surface area contributed by atoms with Crippen molar-refractivity contribution in [3.8, 4) is 0 Å². The number of pyridine rings is 1. The number of carbonyl (C=O) groups excluding carboxylic acids is 1. The lowest BCUT2D eigenvalue weighted by Gasteiger charge is -2.07. The molecule has 0 bridgehead atoms. The number of anilines is 1. The summed E-state index contributed by atoms with van der Waals surface area (Å²) < 4.78 is 5.17. The van der Waals surface area contributed by atoms with E-state index in [2.05, 4.69) is 15.5 Å². The second-order valence-electron chi connectivity index (χ2n) is 5.23. The van der Waals surface area contributed by atoms with Gasteiger partial charge in [-0.1, -0.05) is 42.7 Å². The van der Waals surface area contributed by atoms with Gasteiger partial charge in [-0.2, -0.15) is 0 Å². The largest absolute Gasteiger partial charge is 0.336 e.